The van der Waals surface area contributed by atoms with Crippen molar-refractivity contribution in [3.63, 3.8) is 0 Å². The Hall–Kier alpha value is -1.75. The number of nitrogen functional groups attached to an aromatic ring is 1. The van der Waals surface area contributed by atoms with Crippen LogP contribution < -0.4 is 10.5 Å². The van der Waals surface area contributed by atoms with Crippen molar-refractivity contribution in [1.29, 1.82) is 0 Å². The molecule has 88 valence electrons. The van der Waals surface area contributed by atoms with E-state index in [1.807, 2.05) is 6.92 Å². The van der Waals surface area contributed by atoms with Gasteiger partial charge < -0.3 is 10.5 Å². The number of hydrogen-bond acceptors (Lipinski definition) is 4. The number of ether oxygens (including phenoxy) is 1. The molecule has 0 radical (unpaired) electrons. The molecule has 1 aromatic carbocycles. The lowest BCUT2D eigenvalue weighted by atomic mass is 10.2. The van der Waals surface area contributed by atoms with E-state index in [0.717, 1.165) is 5.06 Å². The summed E-state index contributed by atoms with van der Waals surface area (Å²) in [6.07, 6.45) is 0. The molecule has 0 atom stereocenters. The third kappa shape index (κ3) is 2.64. The average Bonchev–Trinajstić information content (AvgIpc) is 2.30. The minimum absolute atomic E-state index is 0.253. The number of anilines is 1. The molecule has 2 N–H and O–H groups in total. The predicted octanol–water partition coefficient (Wildman–Crippen LogP) is 1.30. The zero-order valence-corrected chi connectivity index (χ0v) is 9.69. The van der Waals surface area contributed by atoms with Crippen LogP contribution in [0.3, 0.4) is 0 Å². The molecule has 0 bridgehead atoms. The van der Waals surface area contributed by atoms with E-state index in [-0.39, 0.29) is 5.91 Å². The maximum Gasteiger partial charge on any atom is 0.277 e. The molecular weight excluding hydrogens is 208 g/mol. The van der Waals surface area contributed by atoms with Gasteiger partial charge in [0.15, 0.2) is 0 Å². The minimum atomic E-state index is -0.253. The second kappa shape index (κ2) is 5.37. The zero-order chi connectivity index (χ0) is 12.1. The lowest BCUT2D eigenvalue weighted by molar-refractivity contribution is -0.0756. The maximum absolute atomic E-state index is 11.7. The quantitative estimate of drug-likeness (QED) is 0.618. The summed E-state index contributed by atoms with van der Waals surface area (Å²) >= 11 is 0. The number of nitrogens with zero attached hydrogens (tertiary/aromatic N) is 1. The van der Waals surface area contributed by atoms with Gasteiger partial charge in [0.1, 0.15) is 5.75 Å². The van der Waals surface area contributed by atoms with Crippen molar-refractivity contribution in [2.45, 2.75) is 6.92 Å². The van der Waals surface area contributed by atoms with Gasteiger partial charge in [-0.25, -0.2) is 5.06 Å². The van der Waals surface area contributed by atoms with E-state index < -0.39 is 0 Å². The Morgan fingerprint density at radius 2 is 2.19 bits per heavy atom. The summed E-state index contributed by atoms with van der Waals surface area (Å²) < 4.78 is 5.28. The summed E-state index contributed by atoms with van der Waals surface area (Å²) in [6.45, 7) is 2.41. The van der Waals surface area contributed by atoms with E-state index in [9.17, 15) is 4.79 Å². The van der Waals surface area contributed by atoms with E-state index in [4.69, 9.17) is 15.3 Å². The predicted molar refractivity (Wildman–Crippen MR) is 61.1 cm³/mol. The van der Waals surface area contributed by atoms with Crippen molar-refractivity contribution in [3.8, 4) is 5.75 Å². The minimum Gasteiger partial charge on any atom is -0.492 e. The normalized spacial score (nSPS) is 9.94. The van der Waals surface area contributed by atoms with E-state index in [2.05, 4.69) is 0 Å². The van der Waals surface area contributed by atoms with Crippen molar-refractivity contribution in [1.82, 2.24) is 5.06 Å². The Morgan fingerprint density at radius 1 is 1.50 bits per heavy atom. The molecule has 16 heavy (non-hydrogen) atoms. The number of nitrogens with two attached hydrogens (primary N) is 1. The summed E-state index contributed by atoms with van der Waals surface area (Å²) in [5.74, 6) is 0.330. The number of benzene rings is 1. The molecule has 1 aromatic rings. The fraction of sp³-hybridized carbons (Fsp3) is 0.364. The number of carbonyl (C=O) groups excluding carboxylic acids is 1. The Kier molecular flexibility index (Phi) is 4.13. The van der Waals surface area contributed by atoms with Crippen LogP contribution in [0.15, 0.2) is 18.2 Å². The third-order valence-electron chi connectivity index (χ3n) is 2.12. The van der Waals surface area contributed by atoms with Crippen LogP contribution in [0.4, 0.5) is 5.69 Å². The van der Waals surface area contributed by atoms with Crippen LogP contribution >= 0.6 is 0 Å². The smallest absolute Gasteiger partial charge is 0.277 e. The first-order chi connectivity index (χ1) is 7.60. The van der Waals surface area contributed by atoms with Crippen molar-refractivity contribution < 1.29 is 14.4 Å². The number of carbonyl (C=O) groups is 1. The van der Waals surface area contributed by atoms with Crippen LogP contribution in [0.25, 0.3) is 0 Å². The molecule has 0 saturated carbocycles. The molecule has 0 heterocycles. The van der Waals surface area contributed by atoms with Gasteiger partial charge in [0, 0.05) is 12.6 Å². The topological polar surface area (TPSA) is 64.8 Å². The van der Waals surface area contributed by atoms with Crippen LogP contribution in [-0.4, -0.2) is 31.7 Å². The molecule has 0 aliphatic rings. The highest BCUT2D eigenvalue weighted by atomic mass is 16.7. The number of rotatable bonds is 4. The van der Waals surface area contributed by atoms with Gasteiger partial charge in [0.05, 0.1) is 19.4 Å². The van der Waals surface area contributed by atoms with E-state index >= 15 is 0 Å². The summed E-state index contributed by atoms with van der Waals surface area (Å²) in [6, 6.07) is 4.90. The zero-order valence-electron chi connectivity index (χ0n) is 9.69. The van der Waals surface area contributed by atoms with Gasteiger partial charge in [-0.15, -0.1) is 0 Å². The Bertz CT molecular complexity index is 379. The van der Waals surface area contributed by atoms with Crippen LogP contribution in [0.2, 0.25) is 0 Å². The molecule has 0 aromatic heterocycles. The first kappa shape index (κ1) is 12.3. The molecule has 5 nitrogen and oxygen atoms in total. The molecule has 0 unspecified atom stereocenters. The standard InChI is InChI=1S/C11H16N2O3/c1-4-16-10-6-5-8(7-9(10)12)11(14)13(2)15-3/h5-7H,4,12H2,1-3H3. The maximum atomic E-state index is 11.7. The molecule has 0 aliphatic heterocycles. The molecule has 0 fully saturated rings. The van der Waals surface area contributed by atoms with Gasteiger partial charge in [-0.2, -0.15) is 0 Å². The van der Waals surface area contributed by atoms with Crippen LogP contribution in [-0.2, 0) is 4.84 Å². The van der Waals surface area contributed by atoms with E-state index in [1.165, 1.54) is 14.2 Å². The second-order valence-electron chi connectivity index (χ2n) is 3.17. The van der Waals surface area contributed by atoms with Crippen molar-refractivity contribution in [2.75, 3.05) is 26.5 Å². The highest BCUT2D eigenvalue weighted by molar-refractivity contribution is 5.94. The highest BCUT2D eigenvalue weighted by Gasteiger charge is 2.12. The lowest BCUT2D eigenvalue weighted by Gasteiger charge is -2.14. The van der Waals surface area contributed by atoms with Gasteiger partial charge in [0.2, 0.25) is 0 Å². The van der Waals surface area contributed by atoms with Crippen molar-refractivity contribution in [3.05, 3.63) is 23.8 Å². The van der Waals surface area contributed by atoms with Gasteiger partial charge in [-0.05, 0) is 25.1 Å². The van der Waals surface area contributed by atoms with Crippen LogP contribution in [0, 0.1) is 0 Å². The summed E-state index contributed by atoms with van der Waals surface area (Å²) in [5, 5.41) is 1.13. The molecule has 0 spiro atoms. The second-order valence-corrected chi connectivity index (χ2v) is 3.17. The molecule has 5 heteroatoms. The Morgan fingerprint density at radius 3 is 2.69 bits per heavy atom. The molecule has 1 rings (SSSR count). The Balaban J connectivity index is 2.92. The van der Waals surface area contributed by atoms with Crippen LogP contribution in [0.1, 0.15) is 17.3 Å². The average molecular weight is 224 g/mol. The molecule has 0 saturated heterocycles. The highest BCUT2D eigenvalue weighted by Crippen LogP contribution is 2.22. The first-order valence-electron chi connectivity index (χ1n) is 4.94. The summed E-state index contributed by atoms with van der Waals surface area (Å²) in [4.78, 5) is 16.5. The van der Waals surface area contributed by atoms with Gasteiger partial charge in [0.25, 0.3) is 5.91 Å². The van der Waals surface area contributed by atoms with Crippen molar-refractivity contribution >= 4 is 11.6 Å². The number of hydroxylamine groups is 2. The fourth-order valence-corrected chi connectivity index (χ4v) is 1.23. The van der Waals surface area contributed by atoms with Gasteiger partial charge >= 0.3 is 0 Å². The summed E-state index contributed by atoms with van der Waals surface area (Å²) in [5.41, 5.74) is 6.66. The SMILES string of the molecule is CCOc1ccc(C(=O)N(C)OC)cc1N. The largest absolute Gasteiger partial charge is 0.492 e. The fourth-order valence-electron chi connectivity index (χ4n) is 1.23. The monoisotopic (exact) mass is 224 g/mol. The first-order valence-corrected chi connectivity index (χ1v) is 4.94. The third-order valence-corrected chi connectivity index (χ3v) is 2.12. The molecule has 0 aliphatic carbocycles. The van der Waals surface area contributed by atoms with E-state index in [0.29, 0.717) is 23.6 Å². The lowest BCUT2D eigenvalue weighted by Crippen LogP contribution is -2.25. The number of hydrogen-bond donors (Lipinski definition) is 1. The summed E-state index contributed by atoms with van der Waals surface area (Å²) in [7, 11) is 2.96. The Labute approximate surface area is 94.7 Å². The van der Waals surface area contributed by atoms with Crippen molar-refractivity contribution in [2.24, 2.45) is 0 Å². The van der Waals surface area contributed by atoms with E-state index in [1.54, 1.807) is 18.2 Å². The molecule has 1 amide bonds. The van der Waals surface area contributed by atoms with Crippen LogP contribution in [0.5, 0.6) is 5.75 Å². The number of amides is 1. The van der Waals surface area contributed by atoms with Gasteiger partial charge in [-0.3, -0.25) is 9.63 Å². The van der Waals surface area contributed by atoms with Gasteiger partial charge in [-0.1, -0.05) is 0 Å². The molecular formula is C11H16N2O3.